The molecular formula is C18H17BrN4O4S2. The van der Waals surface area contributed by atoms with Crippen LogP contribution in [0.15, 0.2) is 45.1 Å². The molecule has 11 heteroatoms. The van der Waals surface area contributed by atoms with Gasteiger partial charge in [0.25, 0.3) is 0 Å². The second-order valence-electron chi connectivity index (χ2n) is 5.74. The number of aromatic nitrogens is 3. The van der Waals surface area contributed by atoms with E-state index < -0.39 is 5.97 Å². The number of carbonyl (C=O) groups excluding carboxylic acids is 2. The number of carbonyl (C=O) groups is 2. The van der Waals surface area contributed by atoms with Crippen LogP contribution < -0.4 is 5.32 Å². The Hall–Kier alpha value is -2.37. The van der Waals surface area contributed by atoms with Gasteiger partial charge in [-0.2, -0.15) is 0 Å². The third-order valence-corrected chi connectivity index (χ3v) is 6.03. The van der Waals surface area contributed by atoms with E-state index in [0.29, 0.717) is 38.5 Å². The van der Waals surface area contributed by atoms with Crippen molar-refractivity contribution in [3.63, 3.8) is 0 Å². The highest BCUT2D eigenvalue weighted by Gasteiger charge is 2.20. The first-order valence-electron chi connectivity index (χ1n) is 8.34. The lowest BCUT2D eigenvalue weighted by Crippen LogP contribution is -2.16. The molecule has 0 atom stereocenters. The standard InChI is InChI=1S/C18H17BrN4O4S2/c1-4-7-23-15(12-5-6-13(19)27-12)21-22-18(23)28-9-14(24)20-16-11(17(25)26-3)8-10(2)29-16/h4-6,8H,1,7,9H2,2-3H3,(H,20,24). The largest absolute Gasteiger partial charge is 0.465 e. The number of thiophene rings is 1. The molecule has 0 fully saturated rings. The summed E-state index contributed by atoms with van der Waals surface area (Å²) in [5, 5.41) is 12.1. The van der Waals surface area contributed by atoms with Gasteiger partial charge in [0, 0.05) is 11.4 Å². The molecule has 0 aliphatic rings. The molecule has 0 saturated carbocycles. The first kappa shape index (κ1) is 21.3. The number of methoxy groups -OCH3 is 1. The Morgan fingerprint density at radius 1 is 1.45 bits per heavy atom. The van der Waals surface area contributed by atoms with Crippen molar-refractivity contribution in [3.05, 3.63) is 46.0 Å². The zero-order valence-electron chi connectivity index (χ0n) is 15.6. The fourth-order valence-electron chi connectivity index (χ4n) is 2.47. The number of hydrogen-bond donors (Lipinski definition) is 1. The molecule has 0 unspecified atom stereocenters. The topological polar surface area (TPSA) is 99.2 Å². The normalized spacial score (nSPS) is 10.7. The average molecular weight is 497 g/mol. The number of furan rings is 1. The Bertz CT molecular complexity index is 1060. The van der Waals surface area contributed by atoms with Gasteiger partial charge >= 0.3 is 5.97 Å². The summed E-state index contributed by atoms with van der Waals surface area (Å²) in [7, 11) is 1.30. The fourth-order valence-corrected chi connectivity index (χ4v) is 4.44. The van der Waals surface area contributed by atoms with E-state index in [9.17, 15) is 9.59 Å². The van der Waals surface area contributed by atoms with Crippen LogP contribution in [-0.4, -0.2) is 39.5 Å². The summed E-state index contributed by atoms with van der Waals surface area (Å²) < 4.78 is 12.7. The third kappa shape index (κ3) is 4.98. The van der Waals surface area contributed by atoms with Gasteiger partial charge in [0.05, 0.1) is 18.4 Å². The van der Waals surface area contributed by atoms with Crippen molar-refractivity contribution in [2.24, 2.45) is 0 Å². The lowest BCUT2D eigenvalue weighted by atomic mass is 10.3. The Kier molecular flexibility index (Phi) is 6.93. The van der Waals surface area contributed by atoms with Crippen LogP contribution in [0.3, 0.4) is 0 Å². The highest BCUT2D eigenvalue weighted by Crippen LogP contribution is 2.30. The van der Waals surface area contributed by atoms with Crippen LogP contribution in [0.2, 0.25) is 0 Å². The van der Waals surface area contributed by atoms with E-state index in [2.05, 4.69) is 38.0 Å². The minimum atomic E-state index is -0.489. The first-order valence-corrected chi connectivity index (χ1v) is 10.9. The number of rotatable bonds is 8. The zero-order valence-corrected chi connectivity index (χ0v) is 18.8. The number of nitrogens with one attached hydrogen (secondary N) is 1. The summed E-state index contributed by atoms with van der Waals surface area (Å²) in [6.07, 6.45) is 1.71. The number of amides is 1. The molecule has 0 saturated heterocycles. The number of hydrogen-bond acceptors (Lipinski definition) is 8. The molecule has 0 aliphatic carbocycles. The van der Waals surface area contributed by atoms with Gasteiger partial charge < -0.3 is 14.5 Å². The van der Waals surface area contributed by atoms with Gasteiger partial charge in [-0.15, -0.1) is 28.1 Å². The summed E-state index contributed by atoms with van der Waals surface area (Å²) >= 11 is 5.82. The number of thioether (sulfide) groups is 1. The Morgan fingerprint density at radius 2 is 2.24 bits per heavy atom. The second kappa shape index (κ2) is 9.42. The van der Waals surface area contributed by atoms with Crippen molar-refractivity contribution in [3.8, 4) is 11.6 Å². The molecule has 0 aliphatic heterocycles. The maximum atomic E-state index is 12.4. The number of ether oxygens (including phenoxy) is 1. The summed E-state index contributed by atoms with van der Waals surface area (Å²) in [6, 6.07) is 5.24. The van der Waals surface area contributed by atoms with Gasteiger partial charge in [-0.3, -0.25) is 9.36 Å². The van der Waals surface area contributed by atoms with Gasteiger partial charge in [-0.05, 0) is 41.1 Å². The van der Waals surface area contributed by atoms with E-state index in [1.165, 1.54) is 30.2 Å². The molecule has 0 spiro atoms. The summed E-state index contributed by atoms with van der Waals surface area (Å²) in [4.78, 5) is 25.2. The quantitative estimate of drug-likeness (QED) is 0.280. The van der Waals surface area contributed by atoms with Gasteiger partial charge in [0.15, 0.2) is 15.6 Å². The smallest absolute Gasteiger partial charge is 0.340 e. The average Bonchev–Trinajstić information content (AvgIpc) is 3.38. The van der Waals surface area contributed by atoms with Gasteiger partial charge in [0.1, 0.15) is 5.00 Å². The van der Waals surface area contributed by atoms with Crippen LogP contribution in [0.25, 0.3) is 11.6 Å². The van der Waals surface area contributed by atoms with Crippen LogP contribution >= 0.6 is 39.0 Å². The van der Waals surface area contributed by atoms with E-state index in [4.69, 9.17) is 9.15 Å². The molecule has 3 rings (SSSR count). The molecule has 1 amide bonds. The molecular weight excluding hydrogens is 480 g/mol. The molecule has 8 nitrogen and oxygen atoms in total. The maximum Gasteiger partial charge on any atom is 0.340 e. The Labute approximate surface area is 183 Å². The SMILES string of the molecule is C=CCn1c(SCC(=O)Nc2sc(C)cc2C(=O)OC)nnc1-c1ccc(Br)o1. The molecule has 3 aromatic rings. The van der Waals surface area contributed by atoms with Crippen molar-refractivity contribution < 1.29 is 18.7 Å². The van der Waals surface area contributed by atoms with Crippen LogP contribution in [0.1, 0.15) is 15.2 Å². The van der Waals surface area contributed by atoms with Crippen molar-refractivity contribution in [2.45, 2.75) is 18.6 Å². The molecule has 29 heavy (non-hydrogen) atoms. The zero-order chi connectivity index (χ0) is 21.0. The predicted octanol–water partition coefficient (Wildman–Crippen LogP) is 4.37. The lowest BCUT2D eigenvalue weighted by molar-refractivity contribution is -0.113. The molecule has 152 valence electrons. The van der Waals surface area contributed by atoms with Crippen molar-refractivity contribution >= 4 is 55.9 Å². The number of allylic oxidation sites excluding steroid dienone is 1. The van der Waals surface area contributed by atoms with Crippen molar-refractivity contribution in [1.29, 1.82) is 0 Å². The summed E-state index contributed by atoms with van der Waals surface area (Å²) in [6.45, 7) is 6.07. The van der Waals surface area contributed by atoms with E-state index in [-0.39, 0.29) is 11.7 Å². The molecule has 0 radical (unpaired) electrons. The number of halogens is 1. The van der Waals surface area contributed by atoms with E-state index >= 15 is 0 Å². The fraction of sp³-hybridized carbons (Fsp3) is 0.222. The second-order valence-corrected chi connectivity index (χ2v) is 8.72. The third-order valence-electron chi connectivity index (χ3n) is 3.67. The highest BCUT2D eigenvalue weighted by atomic mass is 79.9. The van der Waals surface area contributed by atoms with Crippen molar-refractivity contribution in [2.75, 3.05) is 18.2 Å². The molecule has 0 aromatic carbocycles. The lowest BCUT2D eigenvalue weighted by Gasteiger charge is -2.07. The molecule has 0 bridgehead atoms. The predicted molar refractivity (Wildman–Crippen MR) is 115 cm³/mol. The number of aryl methyl sites for hydroxylation is 1. The van der Waals surface area contributed by atoms with Crippen LogP contribution in [0.5, 0.6) is 0 Å². The summed E-state index contributed by atoms with van der Waals surface area (Å²) in [5.74, 6) is 0.434. The minimum absolute atomic E-state index is 0.0920. The van der Waals surface area contributed by atoms with Crippen LogP contribution in [0.4, 0.5) is 5.00 Å². The van der Waals surface area contributed by atoms with Crippen LogP contribution in [0, 0.1) is 6.92 Å². The van der Waals surface area contributed by atoms with Gasteiger partial charge in [-0.1, -0.05) is 17.8 Å². The van der Waals surface area contributed by atoms with E-state index in [1.807, 2.05) is 11.5 Å². The number of esters is 1. The monoisotopic (exact) mass is 496 g/mol. The minimum Gasteiger partial charge on any atom is -0.465 e. The number of nitrogens with zero attached hydrogens (tertiary/aromatic N) is 3. The Balaban J connectivity index is 1.72. The number of anilines is 1. The first-order chi connectivity index (χ1) is 13.9. The molecule has 3 aromatic heterocycles. The van der Waals surface area contributed by atoms with Gasteiger partial charge in [-0.25, -0.2) is 4.79 Å². The van der Waals surface area contributed by atoms with E-state index in [0.717, 1.165) is 4.88 Å². The summed E-state index contributed by atoms with van der Waals surface area (Å²) in [5.41, 5.74) is 0.342. The van der Waals surface area contributed by atoms with Gasteiger partial charge in [0.2, 0.25) is 11.7 Å². The molecule has 3 heterocycles. The van der Waals surface area contributed by atoms with Crippen molar-refractivity contribution in [1.82, 2.24) is 14.8 Å². The van der Waals surface area contributed by atoms with Crippen LogP contribution in [-0.2, 0) is 16.1 Å². The highest BCUT2D eigenvalue weighted by molar-refractivity contribution is 9.10. The molecule has 1 N–H and O–H groups in total. The van der Waals surface area contributed by atoms with E-state index in [1.54, 1.807) is 24.3 Å². The maximum absolute atomic E-state index is 12.4. The Morgan fingerprint density at radius 3 is 2.90 bits per heavy atom.